The van der Waals surface area contributed by atoms with Gasteiger partial charge in [-0.25, -0.2) is 0 Å². The molecule has 1 aromatic carbocycles. The summed E-state index contributed by atoms with van der Waals surface area (Å²) < 4.78 is 5.30. The lowest BCUT2D eigenvalue weighted by atomic mass is 9.85. The van der Waals surface area contributed by atoms with E-state index in [-0.39, 0.29) is 16.1 Å². The summed E-state index contributed by atoms with van der Waals surface area (Å²) in [6.45, 7) is 1.47. The van der Waals surface area contributed by atoms with Crippen molar-refractivity contribution in [3.8, 4) is 0 Å². The number of nitro groups is 1. The second kappa shape index (κ2) is 5.46. The van der Waals surface area contributed by atoms with Crippen LogP contribution in [0.4, 0.5) is 5.69 Å². The van der Waals surface area contributed by atoms with Gasteiger partial charge in [0.25, 0.3) is 5.69 Å². The minimum Gasteiger partial charge on any atom is -0.381 e. The van der Waals surface area contributed by atoms with Gasteiger partial charge in [-0.05, 0) is 31.2 Å². The van der Waals surface area contributed by atoms with Gasteiger partial charge in [0, 0.05) is 30.9 Å². The molecule has 1 heterocycles. The van der Waals surface area contributed by atoms with Crippen LogP contribution in [-0.2, 0) is 11.2 Å². The zero-order valence-corrected chi connectivity index (χ0v) is 10.3. The van der Waals surface area contributed by atoms with Crippen molar-refractivity contribution in [3.63, 3.8) is 0 Å². The van der Waals surface area contributed by atoms with E-state index in [0.29, 0.717) is 0 Å². The zero-order valence-electron chi connectivity index (χ0n) is 10.3. The van der Waals surface area contributed by atoms with Crippen LogP contribution in [0.3, 0.4) is 0 Å². The Labute approximate surface area is 106 Å². The number of nitro benzene ring substituents is 1. The molecular formula is C13H18N2O3. The van der Waals surface area contributed by atoms with E-state index < -0.39 is 0 Å². The Morgan fingerprint density at radius 3 is 2.44 bits per heavy atom. The van der Waals surface area contributed by atoms with Gasteiger partial charge in [0.2, 0.25) is 0 Å². The summed E-state index contributed by atoms with van der Waals surface area (Å²) in [6, 6.07) is 6.70. The van der Waals surface area contributed by atoms with E-state index in [1.54, 1.807) is 24.3 Å². The molecular weight excluding hydrogens is 232 g/mol. The molecule has 0 aliphatic carbocycles. The lowest BCUT2D eigenvalue weighted by molar-refractivity contribution is -0.384. The van der Waals surface area contributed by atoms with E-state index in [1.807, 2.05) is 0 Å². The summed E-state index contributed by atoms with van der Waals surface area (Å²) in [4.78, 5) is 10.2. The number of ether oxygens (including phenoxy) is 1. The molecule has 1 aliphatic heterocycles. The lowest BCUT2D eigenvalue weighted by Gasteiger charge is -2.33. The molecule has 5 heteroatoms. The first-order chi connectivity index (χ1) is 8.59. The predicted octanol–water partition coefficient (Wildman–Crippen LogP) is 2.04. The van der Waals surface area contributed by atoms with Crippen molar-refractivity contribution in [1.29, 1.82) is 0 Å². The van der Waals surface area contributed by atoms with Gasteiger partial charge in [-0.3, -0.25) is 10.1 Å². The normalized spacial score (nSPS) is 18.5. The monoisotopic (exact) mass is 250 g/mol. The summed E-state index contributed by atoms with van der Waals surface area (Å²) in [5.74, 6) is 0. The van der Waals surface area contributed by atoms with Crippen molar-refractivity contribution in [2.75, 3.05) is 13.2 Å². The Balaban J connectivity index is 1.91. The van der Waals surface area contributed by atoms with Crippen LogP contribution < -0.4 is 5.73 Å². The van der Waals surface area contributed by atoms with Crippen LogP contribution in [-0.4, -0.2) is 23.7 Å². The molecule has 0 bridgehead atoms. The van der Waals surface area contributed by atoms with Crippen molar-refractivity contribution < 1.29 is 9.66 Å². The average molecular weight is 250 g/mol. The number of aryl methyl sites for hydroxylation is 1. The van der Waals surface area contributed by atoms with Crippen LogP contribution in [0, 0.1) is 10.1 Å². The SMILES string of the molecule is NC1(CCc2ccc([N+](=O)[O-])cc2)CCOCC1. The number of benzene rings is 1. The minimum atomic E-state index is -0.382. The quantitative estimate of drug-likeness (QED) is 0.655. The van der Waals surface area contributed by atoms with Gasteiger partial charge in [-0.1, -0.05) is 12.1 Å². The maximum Gasteiger partial charge on any atom is 0.269 e. The molecule has 0 spiro atoms. The van der Waals surface area contributed by atoms with Gasteiger partial charge in [0.05, 0.1) is 4.92 Å². The van der Waals surface area contributed by atoms with Crippen molar-refractivity contribution in [1.82, 2.24) is 0 Å². The lowest BCUT2D eigenvalue weighted by Crippen LogP contribution is -2.45. The fourth-order valence-electron chi connectivity index (χ4n) is 2.21. The van der Waals surface area contributed by atoms with Gasteiger partial charge < -0.3 is 10.5 Å². The predicted molar refractivity (Wildman–Crippen MR) is 68.4 cm³/mol. The number of hydrogen-bond acceptors (Lipinski definition) is 4. The smallest absolute Gasteiger partial charge is 0.269 e. The summed E-state index contributed by atoms with van der Waals surface area (Å²) in [7, 11) is 0. The third-order valence-corrected chi connectivity index (χ3v) is 3.55. The first kappa shape index (κ1) is 13.0. The topological polar surface area (TPSA) is 78.4 Å². The summed E-state index contributed by atoms with van der Waals surface area (Å²) in [5.41, 5.74) is 7.38. The van der Waals surface area contributed by atoms with E-state index in [1.165, 1.54) is 0 Å². The van der Waals surface area contributed by atoms with Gasteiger partial charge >= 0.3 is 0 Å². The van der Waals surface area contributed by atoms with Crippen LogP contribution in [0.1, 0.15) is 24.8 Å². The highest BCUT2D eigenvalue weighted by atomic mass is 16.6. The first-order valence-electron chi connectivity index (χ1n) is 6.19. The molecule has 0 radical (unpaired) electrons. The molecule has 0 amide bonds. The number of rotatable bonds is 4. The maximum absolute atomic E-state index is 10.5. The van der Waals surface area contributed by atoms with Gasteiger partial charge in [-0.15, -0.1) is 0 Å². The molecule has 0 atom stereocenters. The molecule has 2 rings (SSSR count). The van der Waals surface area contributed by atoms with E-state index in [2.05, 4.69) is 0 Å². The molecule has 5 nitrogen and oxygen atoms in total. The van der Waals surface area contributed by atoms with E-state index in [4.69, 9.17) is 10.5 Å². The highest BCUT2D eigenvalue weighted by Gasteiger charge is 2.27. The van der Waals surface area contributed by atoms with Crippen molar-refractivity contribution in [2.45, 2.75) is 31.2 Å². The Morgan fingerprint density at radius 2 is 1.89 bits per heavy atom. The fraction of sp³-hybridized carbons (Fsp3) is 0.538. The minimum absolute atomic E-state index is 0.132. The highest BCUT2D eigenvalue weighted by Crippen LogP contribution is 2.24. The van der Waals surface area contributed by atoms with E-state index in [9.17, 15) is 10.1 Å². The molecule has 18 heavy (non-hydrogen) atoms. The molecule has 0 saturated carbocycles. The van der Waals surface area contributed by atoms with E-state index >= 15 is 0 Å². The molecule has 0 unspecified atom stereocenters. The van der Waals surface area contributed by atoms with Crippen LogP contribution in [0.2, 0.25) is 0 Å². The van der Waals surface area contributed by atoms with Crippen LogP contribution >= 0.6 is 0 Å². The Bertz CT molecular complexity index is 411. The standard InChI is InChI=1S/C13H18N2O3/c14-13(7-9-18-10-8-13)6-5-11-1-3-12(4-2-11)15(16)17/h1-4H,5-10,14H2. The molecule has 0 aromatic heterocycles. The fourth-order valence-corrected chi connectivity index (χ4v) is 2.21. The summed E-state index contributed by atoms with van der Waals surface area (Å²) in [6.07, 6.45) is 3.53. The van der Waals surface area contributed by atoms with Crippen LogP contribution in [0.5, 0.6) is 0 Å². The maximum atomic E-state index is 10.5. The number of hydrogen-bond donors (Lipinski definition) is 1. The van der Waals surface area contributed by atoms with Gasteiger partial charge in [0.1, 0.15) is 0 Å². The number of non-ortho nitro benzene ring substituents is 1. The number of nitrogens with two attached hydrogens (primary N) is 1. The molecule has 98 valence electrons. The summed E-state index contributed by atoms with van der Waals surface area (Å²) in [5, 5.41) is 10.5. The summed E-state index contributed by atoms with van der Waals surface area (Å²) >= 11 is 0. The van der Waals surface area contributed by atoms with Gasteiger partial charge in [-0.2, -0.15) is 0 Å². The van der Waals surface area contributed by atoms with Crippen LogP contribution in [0.25, 0.3) is 0 Å². The van der Waals surface area contributed by atoms with Gasteiger partial charge in [0.15, 0.2) is 0 Å². The highest BCUT2D eigenvalue weighted by molar-refractivity contribution is 5.33. The molecule has 1 fully saturated rings. The Morgan fingerprint density at radius 1 is 1.28 bits per heavy atom. The van der Waals surface area contributed by atoms with Crippen molar-refractivity contribution in [2.24, 2.45) is 5.73 Å². The van der Waals surface area contributed by atoms with Crippen molar-refractivity contribution in [3.05, 3.63) is 39.9 Å². The van der Waals surface area contributed by atoms with Crippen molar-refractivity contribution >= 4 is 5.69 Å². The average Bonchev–Trinajstić information content (AvgIpc) is 2.38. The molecule has 2 N–H and O–H groups in total. The third-order valence-electron chi connectivity index (χ3n) is 3.55. The van der Waals surface area contributed by atoms with Crippen LogP contribution in [0.15, 0.2) is 24.3 Å². The first-order valence-corrected chi connectivity index (χ1v) is 6.19. The Hall–Kier alpha value is -1.46. The molecule has 1 saturated heterocycles. The second-order valence-electron chi connectivity index (χ2n) is 4.90. The molecule has 1 aromatic rings. The van der Waals surface area contributed by atoms with E-state index in [0.717, 1.165) is 44.5 Å². The Kier molecular flexibility index (Phi) is 3.93. The second-order valence-corrected chi connectivity index (χ2v) is 4.90. The third kappa shape index (κ3) is 3.27. The largest absolute Gasteiger partial charge is 0.381 e. The zero-order chi connectivity index (χ0) is 13.0. The number of nitrogens with zero attached hydrogens (tertiary/aromatic N) is 1. The molecule has 1 aliphatic rings.